The molecule has 0 radical (unpaired) electrons. The lowest BCUT2D eigenvalue weighted by molar-refractivity contribution is 0.293. The lowest BCUT2D eigenvalue weighted by Gasteiger charge is -2.27. The second-order valence-electron chi connectivity index (χ2n) is 5.60. The monoisotopic (exact) mass is 281 g/mol. The fraction of sp³-hybridized carbons (Fsp3) is 0.625. The van der Waals surface area contributed by atoms with E-state index in [0.29, 0.717) is 11.6 Å². The first kappa shape index (κ1) is 14.5. The highest BCUT2D eigenvalue weighted by Crippen LogP contribution is 2.30. The van der Waals surface area contributed by atoms with Crippen molar-refractivity contribution in [2.75, 3.05) is 18.5 Å². The van der Waals surface area contributed by atoms with Gasteiger partial charge in [0.1, 0.15) is 5.75 Å². The molecule has 1 aromatic rings. The molecule has 0 aliphatic heterocycles. The molecule has 0 aromatic heterocycles. The van der Waals surface area contributed by atoms with Crippen LogP contribution in [0.2, 0.25) is 5.02 Å². The summed E-state index contributed by atoms with van der Waals surface area (Å²) in [7, 11) is 0. The molecule has 3 heteroatoms. The third-order valence-electron chi connectivity index (χ3n) is 3.87. The van der Waals surface area contributed by atoms with Gasteiger partial charge in [-0.25, -0.2) is 0 Å². The largest absolute Gasteiger partial charge is 0.492 e. The molecule has 1 fully saturated rings. The zero-order chi connectivity index (χ0) is 13.7. The first-order valence-electron chi connectivity index (χ1n) is 7.35. The zero-order valence-corrected chi connectivity index (χ0v) is 12.7. The lowest BCUT2D eigenvalue weighted by Crippen LogP contribution is -2.20. The number of nitrogens with one attached hydrogen (secondary N) is 1. The van der Waals surface area contributed by atoms with Crippen molar-refractivity contribution in [3.8, 4) is 5.75 Å². The van der Waals surface area contributed by atoms with E-state index in [1.165, 1.54) is 25.7 Å². The quantitative estimate of drug-likeness (QED) is 0.822. The Kier molecular flexibility index (Phi) is 5.38. The van der Waals surface area contributed by atoms with Crippen LogP contribution in [0.25, 0.3) is 0 Å². The van der Waals surface area contributed by atoms with Crippen molar-refractivity contribution in [1.29, 1.82) is 0 Å². The molecule has 2 nitrogen and oxygen atoms in total. The topological polar surface area (TPSA) is 21.3 Å². The summed E-state index contributed by atoms with van der Waals surface area (Å²) in [6.07, 6.45) is 5.46. The van der Waals surface area contributed by atoms with Crippen LogP contribution in [0.15, 0.2) is 18.2 Å². The molecule has 0 spiro atoms. The van der Waals surface area contributed by atoms with Crippen molar-refractivity contribution in [3.05, 3.63) is 23.2 Å². The Hall–Kier alpha value is -0.890. The van der Waals surface area contributed by atoms with Crippen LogP contribution in [0.3, 0.4) is 0 Å². The van der Waals surface area contributed by atoms with Gasteiger partial charge < -0.3 is 10.1 Å². The van der Waals surface area contributed by atoms with Gasteiger partial charge in [-0.15, -0.1) is 0 Å². The predicted octanol–water partition coefficient (Wildman–Crippen LogP) is 4.98. The average Bonchev–Trinajstić information content (AvgIpc) is 2.39. The summed E-state index contributed by atoms with van der Waals surface area (Å²) in [5.41, 5.74) is 1.09. The number of benzene rings is 1. The minimum atomic E-state index is 0.645. The summed E-state index contributed by atoms with van der Waals surface area (Å²) in [5, 5.41) is 4.19. The van der Waals surface area contributed by atoms with Crippen LogP contribution < -0.4 is 10.1 Å². The van der Waals surface area contributed by atoms with Crippen molar-refractivity contribution in [2.24, 2.45) is 11.8 Å². The Bertz CT molecular complexity index is 408. The maximum absolute atomic E-state index is 6.19. The minimum absolute atomic E-state index is 0.645. The van der Waals surface area contributed by atoms with Crippen LogP contribution in [0.4, 0.5) is 5.69 Å². The van der Waals surface area contributed by atoms with Crippen LogP contribution in [-0.2, 0) is 0 Å². The lowest BCUT2D eigenvalue weighted by atomic mass is 9.82. The van der Waals surface area contributed by atoms with Crippen LogP contribution >= 0.6 is 11.6 Å². The van der Waals surface area contributed by atoms with Gasteiger partial charge in [0.2, 0.25) is 0 Å². The summed E-state index contributed by atoms with van der Waals surface area (Å²) >= 11 is 6.19. The normalized spacial score (nSPS) is 23.1. The first-order valence-corrected chi connectivity index (χ1v) is 7.73. The Morgan fingerprint density at radius 3 is 2.89 bits per heavy atom. The second kappa shape index (κ2) is 7.04. The smallest absolute Gasteiger partial charge is 0.138 e. The molecule has 1 saturated carbocycles. The van der Waals surface area contributed by atoms with E-state index in [9.17, 15) is 0 Å². The highest BCUT2D eigenvalue weighted by atomic mass is 35.5. The van der Waals surface area contributed by atoms with Crippen molar-refractivity contribution in [3.63, 3.8) is 0 Å². The van der Waals surface area contributed by atoms with Gasteiger partial charge in [-0.2, -0.15) is 0 Å². The molecule has 2 rings (SSSR count). The Labute approximate surface area is 121 Å². The molecule has 106 valence electrons. The molecule has 0 bridgehead atoms. The van der Waals surface area contributed by atoms with E-state index in [1.807, 2.05) is 25.1 Å². The number of rotatable bonds is 5. The molecule has 1 N–H and O–H groups in total. The highest BCUT2D eigenvalue weighted by molar-refractivity contribution is 6.32. The van der Waals surface area contributed by atoms with Crippen LogP contribution in [0.1, 0.15) is 39.5 Å². The molecule has 1 aliphatic rings. The average molecular weight is 282 g/mol. The third-order valence-corrected chi connectivity index (χ3v) is 4.17. The summed E-state index contributed by atoms with van der Waals surface area (Å²) < 4.78 is 5.44. The highest BCUT2D eigenvalue weighted by Gasteiger charge is 2.18. The molecule has 2 atom stereocenters. The van der Waals surface area contributed by atoms with Gasteiger partial charge in [0.05, 0.1) is 11.6 Å². The standard InChI is InChI=1S/C16H24ClNO/c1-3-19-16-8-7-14(10-15(16)17)18-11-13-6-4-5-12(2)9-13/h7-8,10,12-13,18H,3-6,9,11H2,1-2H3. The molecule has 1 aromatic carbocycles. The van der Waals surface area contributed by atoms with E-state index in [-0.39, 0.29) is 0 Å². The number of anilines is 1. The molecule has 0 amide bonds. The van der Waals surface area contributed by atoms with Gasteiger partial charge in [0.15, 0.2) is 0 Å². The molecule has 19 heavy (non-hydrogen) atoms. The number of hydrogen-bond donors (Lipinski definition) is 1. The maximum Gasteiger partial charge on any atom is 0.138 e. The van der Waals surface area contributed by atoms with Gasteiger partial charge in [0, 0.05) is 12.2 Å². The Morgan fingerprint density at radius 1 is 1.37 bits per heavy atom. The molecule has 0 heterocycles. The number of hydrogen-bond acceptors (Lipinski definition) is 2. The molecule has 2 unspecified atom stereocenters. The van der Waals surface area contributed by atoms with Gasteiger partial charge in [-0.1, -0.05) is 31.4 Å². The Balaban J connectivity index is 1.87. The Morgan fingerprint density at radius 2 is 2.21 bits per heavy atom. The van der Waals surface area contributed by atoms with Crippen LogP contribution in [-0.4, -0.2) is 13.2 Å². The van der Waals surface area contributed by atoms with E-state index in [1.54, 1.807) is 0 Å². The predicted molar refractivity (Wildman–Crippen MR) is 82.2 cm³/mol. The van der Waals surface area contributed by atoms with Crippen LogP contribution in [0, 0.1) is 11.8 Å². The fourth-order valence-corrected chi connectivity index (χ4v) is 3.13. The molecule has 1 aliphatic carbocycles. The van der Waals surface area contributed by atoms with E-state index in [0.717, 1.165) is 29.8 Å². The second-order valence-corrected chi connectivity index (χ2v) is 6.00. The van der Waals surface area contributed by atoms with Crippen LogP contribution in [0.5, 0.6) is 5.75 Å². The number of halogens is 1. The zero-order valence-electron chi connectivity index (χ0n) is 11.9. The van der Waals surface area contributed by atoms with Crippen molar-refractivity contribution >= 4 is 17.3 Å². The number of ether oxygens (including phenoxy) is 1. The van der Waals surface area contributed by atoms with Gasteiger partial charge in [-0.3, -0.25) is 0 Å². The van der Waals surface area contributed by atoms with Crippen molar-refractivity contribution in [2.45, 2.75) is 39.5 Å². The first-order chi connectivity index (χ1) is 9.19. The van der Waals surface area contributed by atoms with Gasteiger partial charge in [0.25, 0.3) is 0 Å². The van der Waals surface area contributed by atoms with Gasteiger partial charge in [-0.05, 0) is 49.8 Å². The SMILES string of the molecule is CCOc1ccc(NCC2CCCC(C)C2)cc1Cl. The summed E-state index contributed by atoms with van der Waals surface area (Å²) in [6.45, 7) is 6.02. The summed E-state index contributed by atoms with van der Waals surface area (Å²) in [4.78, 5) is 0. The summed E-state index contributed by atoms with van der Waals surface area (Å²) in [5.74, 6) is 2.44. The van der Waals surface area contributed by atoms with E-state index in [4.69, 9.17) is 16.3 Å². The third kappa shape index (κ3) is 4.31. The molecular formula is C16H24ClNO. The van der Waals surface area contributed by atoms with E-state index in [2.05, 4.69) is 12.2 Å². The minimum Gasteiger partial charge on any atom is -0.492 e. The fourth-order valence-electron chi connectivity index (χ4n) is 2.89. The van der Waals surface area contributed by atoms with Crippen molar-refractivity contribution in [1.82, 2.24) is 0 Å². The maximum atomic E-state index is 6.19. The van der Waals surface area contributed by atoms with E-state index >= 15 is 0 Å². The van der Waals surface area contributed by atoms with Crippen molar-refractivity contribution < 1.29 is 4.74 Å². The molecular weight excluding hydrogens is 258 g/mol. The van der Waals surface area contributed by atoms with E-state index < -0.39 is 0 Å². The summed E-state index contributed by atoms with van der Waals surface area (Å²) in [6, 6.07) is 5.94. The van der Waals surface area contributed by atoms with Gasteiger partial charge >= 0.3 is 0 Å². The molecule has 0 saturated heterocycles.